The molecule has 5 N–H and O–H groups in total. The molecule has 0 fully saturated rings. The number of ether oxygens (including phenoxy) is 2. The van der Waals surface area contributed by atoms with Gasteiger partial charge in [-0.3, -0.25) is 5.41 Å². The SMILES string of the molecule is COc1ccc(OC)c(CCn2cc3c(N)cc(N)nc3cc2=N)c1. The maximum absolute atomic E-state index is 8.22. The molecule has 0 bridgehead atoms. The van der Waals surface area contributed by atoms with Gasteiger partial charge in [0.15, 0.2) is 0 Å². The number of methoxy groups -OCH3 is 2. The molecule has 0 unspecified atom stereocenters. The van der Waals surface area contributed by atoms with Gasteiger partial charge in [0.2, 0.25) is 0 Å². The van der Waals surface area contributed by atoms with Crippen LogP contribution >= 0.6 is 0 Å². The molecule has 130 valence electrons. The monoisotopic (exact) mass is 339 g/mol. The third-order valence-electron chi connectivity index (χ3n) is 4.12. The first-order valence-electron chi connectivity index (χ1n) is 7.83. The van der Waals surface area contributed by atoms with E-state index in [2.05, 4.69) is 4.98 Å². The zero-order chi connectivity index (χ0) is 18.0. The van der Waals surface area contributed by atoms with Crippen molar-refractivity contribution in [1.29, 1.82) is 5.41 Å². The second-order valence-corrected chi connectivity index (χ2v) is 5.72. The normalized spacial score (nSPS) is 10.8. The zero-order valence-electron chi connectivity index (χ0n) is 14.2. The first kappa shape index (κ1) is 16.6. The van der Waals surface area contributed by atoms with Crippen molar-refractivity contribution in [3.63, 3.8) is 0 Å². The lowest BCUT2D eigenvalue weighted by molar-refractivity contribution is 0.397. The Morgan fingerprint density at radius 1 is 1.12 bits per heavy atom. The van der Waals surface area contributed by atoms with Crippen LogP contribution in [0.2, 0.25) is 0 Å². The summed E-state index contributed by atoms with van der Waals surface area (Å²) in [5.74, 6) is 1.92. The summed E-state index contributed by atoms with van der Waals surface area (Å²) < 4.78 is 12.5. The highest BCUT2D eigenvalue weighted by atomic mass is 16.5. The van der Waals surface area contributed by atoms with Gasteiger partial charge in [0.1, 0.15) is 22.8 Å². The predicted octanol–water partition coefficient (Wildman–Crippen LogP) is 1.94. The summed E-state index contributed by atoms with van der Waals surface area (Å²) in [6.45, 7) is 0.599. The van der Waals surface area contributed by atoms with E-state index in [0.717, 1.165) is 22.4 Å². The largest absolute Gasteiger partial charge is 0.497 e. The van der Waals surface area contributed by atoms with E-state index < -0.39 is 0 Å². The second-order valence-electron chi connectivity index (χ2n) is 5.72. The van der Waals surface area contributed by atoms with Gasteiger partial charge in [-0.15, -0.1) is 0 Å². The molecule has 2 aromatic heterocycles. The van der Waals surface area contributed by atoms with Crippen LogP contribution in [0.4, 0.5) is 11.5 Å². The highest BCUT2D eigenvalue weighted by molar-refractivity contribution is 5.90. The third-order valence-corrected chi connectivity index (χ3v) is 4.12. The quantitative estimate of drug-likeness (QED) is 0.657. The number of aryl methyl sites for hydroxylation is 2. The number of pyridine rings is 2. The topological polar surface area (TPSA) is 112 Å². The summed E-state index contributed by atoms with van der Waals surface area (Å²) in [5.41, 5.74) is 14.3. The van der Waals surface area contributed by atoms with Crippen molar-refractivity contribution in [1.82, 2.24) is 9.55 Å². The molecule has 1 aromatic carbocycles. The minimum atomic E-state index is 0.340. The number of aromatic nitrogens is 2. The van der Waals surface area contributed by atoms with Crippen LogP contribution in [0.25, 0.3) is 10.9 Å². The molecule has 3 rings (SSSR count). The van der Waals surface area contributed by atoms with E-state index in [1.54, 1.807) is 26.4 Å². The average Bonchev–Trinajstić information content (AvgIpc) is 2.59. The van der Waals surface area contributed by atoms with Gasteiger partial charge in [-0.2, -0.15) is 0 Å². The van der Waals surface area contributed by atoms with Gasteiger partial charge >= 0.3 is 0 Å². The molecule has 0 spiro atoms. The van der Waals surface area contributed by atoms with Crippen LogP contribution in [0.5, 0.6) is 11.5 Å². The Labute approximate surface area is 145 Å². The highest BCUT2D eigenvalue weighted by Gasteiger charge is 2.08. The first-order chi connectivity index (χ1) is 12.0. The molecule has 0 saturated heterocycles. The number of benzene rings is 1. The fraction of sp³-hybridized carbons (Fsp3) is 0.222. The van der Waals surface area contributed by atoms with Crippen molar-refractivity contribution >= 4 is 22.4 Å². The van der Waals surface area contributed by atoms with Gasteiger partial charge in [0.05, 0.1) is 19.7 Å². The lowest BCUT2D eigenvalue weighted by Crippen LogP contribution is -2.20. The van der Waals surface area contributed by atoms with Crippen LogP contribution < -0.4 is 26.4 Å². The number of rotatable bonds is 5. The Morgan fingerprint density at radius 2 is 1.92 bits per heavy atom. The third kappa shape index (κ3) is 3.35. The molecule has 25 heavy (non-hydrogen) atoms. The Morgan fingerprint density at radius 3 is 2.64 bits per heavy atom. The molecule has 0 atom stereocenters. The van der Waals surface area contributed by atoms with Crippen molar-refractivity contribution in [2.75, 3.05) is 25.7 Å². The Balaban J connectivity index is 1.94. The van der Waals surface area contributed by atoms with Gasteiger partial charge in [0, 0.05) is 35.9 Å². The van der Waals surface area contributed by atoms with Crippen LogP contribution in [0.3, 0.4) is 0 Å². The summed E-state index contributed by atoms with van der Waals surface area (Å²) in [4.78, 5) is 4.23. The number of nitrogen functional groups attached to an aromatic ring is 2. The Kier molecular flexibility index (Phi) is 4.47. The molecular formula is C18H21N5O2. The molecule has 0 aliphatic rings. The molecule has 0 aliphatic heterocycles. The molecular weight excluding hydrogens is 318 g/mol. The maximum Gasteiger partial charge on any atom is 0.126 e. The van der Waals surface area contributed by atoms with Gasteiger partial charge in [-0.1, -0.05) is 0 Å². The van der Waals surface area contributed by atoms with E-state index in [4.69, 9.17) is 26.4 Å². The van der Waals surface area contributed by atoms with Crippen LogP contribution in [0, 0.1) is 5.41 Å². The number of hydrogen-bond acceptors (Lipinski definition) is 6. The smallest absolute Gasteiger partial charge is 0.126 e. The standard InChI is InChI=1S/C18H21N5O2/c1-24-12-3-4-16(25-2)11(7-12)5-6-23-10-13-14(19)8-17(20)22-15(13)9-18(23)21/h3-4,7-10,21H,5-6,19H2,1-2H3,(H2,20,22). The fourth-order valence-corrected chi connectivity index (χ4v) is 2.81. The maximum atomic E-state index is 8.22. The van der Waals surface area contributed by atoms with Gasteiger partial charge < -0.3 is 25.5 Å². The summed E-state index contributed by atoms with van der Waals surface area (Å²) in [5, 5.41) is 9.00. The highest BCUT2D eigenvalue weighted by Crippen LogP contribution is 2.25. The van der Waals surface area contributed by atoms with Gasteiger partial charge in [0.25, 0.3) is 0 Å². The molecule has 0 aliphatic carbocycles. The average molecular weight is 339 g/mol. The van der Waals surface area contributed by atoms with E-state index in [0.29, 0.717) is 35.5 Å². The van der Waals surface area contributed by atoms with E-state index in [9.17, 15) is 0 Å². The fourth-order valence-electron chi connectivity index (χ4n) is 2.81. The first-order valence-corrected chi connectivity index (χ1v) is 7.83. The molecule has 2 heterocycles. The molecule has 0 radical (unpaired) electrons. The second kappa shape index (κ2) is 6.72. The lowest BCUT2D eigenvalue weighted by atomic mass is 10.1. The lowest BCUT2D eigenvalue weighted by Gasteiger charge is -2.13. The van der Waals surface area contributed by atoms with Crippen molar-refractivity contribution < 1.29 is 9.47 Å². The van der Waals surface area contributed by atoms with Crippen LogP contribution in [0.1, 0.15) is 5.56 Å². The van der Waals surface area contributed by atoms with Crippen molar-refractivity contribution in [2.45, 2.75) is 13.0 Å². The number of nitrogens with two attached hydrogens (primary N) is 2. The number of hydrogen-bond donors (Lipinski definition) is 3. The minimum absolute atomic E-state index is 0.340. The summed E-state index contributed by atoms with van der Waals surface area (Å²) >= 11 is 0. The zero-order valence-corrected chi connectivity index (χ0v) is 14.2. The van der Waals surface area contributed by atoms with E-state index in [1.807, 2.05) is 29.0 Å². The van der Waals surface area contributed by atoms with Crippen LogP contribution in [-0.2, 0) is 13.0 Å². The molecule has 3 aromatic rings. The molecule has 0 amide bonds. The number of fused-ring (bicyclic) bond motifs is 1. The minimum Gasteiger partial charge on any atom is -0.497 e. The van der Waals surface area contributed by atoms with Crippen LogP contribution in [0.15, 0.2) is 36.5 Å². The van der Waals surface area contributed by atoms with Gasteiger partial charge in [-0.25, -0.2) is 4.98 Å². The Hall–Kier alpha value is -3.22. The summed E-state index contributed by atoms with van der Waals surface area (Å²) in [7, 11) is 3.27. The Bertz CT molecular complexity index is 981. The predicted molar refractivity (Wildman–Crippen MR) is 97.7 cm³/mol. The van der Waals surface area contributed by atoms with Crippen LogP contribution in [-0.4, -0.2) is 23.8 Å². The molecule has 0 saturated carbocycles. The van der Waals surface area contributed by atoms with E-state index >= 15 is 0 Å². The van der Waals surface area contributed by atoms with E-state index in [1.165, 1.54) is 0 Å². The summed E-state index contributed by atoms with van der Waals surface area (Å²) in [6.07, 6.45) is 2.52. The number of nitrogens with zero attached hydrogens (tertiary/aromatic N) is 2. The van der Waals surface area contributed by atoms with Crippen molar-refractivity contribution in [3.05, 3.63) is 47.6 Å². The van der Waals surface area contributed by atoms with E-state index in [-0.39, 0.29) is 0 Å². The number of anilines is 2. The number of nitrogens with one attached hydrogen (secondary N) is 1. The summed E-state index contributed by atoms with van der Waals surface area (Å²) in [6, 6.07) is 8.98. The van der Waals surface area contributed by atoms with Gasteiger partial charge in [-0.05, 0) is 30.2 Å². The molecule has 7 heteroatoms. The van der Waals surface area contributed by atoms with Crippen molar-refractivity contribution in [3.8, 4) is 11.5 Å². The van der Waals surface area contributed by atoms with Crippen molar-refractivity contribution in [2.24, 2.45) is 0 Å². The molecule has 7 nitrogen and oxygen atoms in total.